The molecule has 1 aliphatic rings. The number of halogens is 2. The summed E-state index contributed by atoms with van der Waals surface area (Å²) in [5.41, 5.74) is -1.87. The number of aliphatic hydroxyl groups is 3. The molecule has 2 heterocycles. The van der Waals surface area contributed by atoms with Crippen LogP contribution in [0.4, 0.5) is 0 Å². The van der Waals surface area contributed by atoms with Crippen molar-refractivity contribution in [1.82, 2.24) is 9.44 Å². The fraction of sp³-hybridized carbons (Fsp3) is 0.579. The number of nitrogens with one attached hydrogen (secondary N) is 2. The van der Waals surface area contributed by atoms with Crippen LogP contribution in [-0.2, 0) is 20.0 Å². The number of sulfonamides is 2. The first kappa shape index (κ1) is 30.3. The molecule has 0 bridgehead atoms. The summed E-state index contributed by atoms with van der Waals surface area (Å²) in [5.74, 6) is 0. The SMILES string of the molecule is CCC(CO)(CO)NS(=O)(=O)c1ccc(Br)s1.O=S(=O)(NC1(CO)CCCC1)c1ccc(Br)s1. The van der Waals surface area contributed by atoms with Crippen molar-refractivity contribution < 1.29 is 32.2 Å². The Morgan fingerprint density at radius 1 is 0.912 bits per heavy atom. The first-order chi connectivity index (χ1) is 15.9. The van der Waals surface area contributed by atoms with E-state index in [1.54, 1.807) is 25.1 Å². The lowest BCUT2D eigenvalue weighted by atomic mass is 10.0. The molecule has 3 rings (SSSR count). The minimum atomic E-state index is -3.71. The molecule has 0 aliphatic heterocycles. The standard InChI is InChI=1S/C10H14BrNO3S2.C9H14BrNO4S2/c11-8-3-4-9(16-8)17(14,15)12-10(7-13)5-1-2-6-10;1-2-9(5-12,6-13)11-17(14,15)8-4-3-7(10)16-8/h3-4,12-13H,1-2,5-7H2;3-4,11-13H,2,5-6H2,1H3. The monoisotopic (exact) mass is 682 g/mol. The largest absolute Gasteiger partial charge is 0.394 e. The van der Waals surface area contributed by atoms with E-state index in [2.05, 4.69) is 41.3 Å². The van der Waals surface area contributed by atoms with Crippen molar-refractivity contribution in [1.29, 1.82) is 0 Å². The molecule has 5 N–H and O–H groups in total. The molecule has 15 heteroatoms. The Morgan fingerprint density at radius 3 is 1.74 bits per heavy atom. The molecule has 9 nitrogen and oxygen atoms in total. The van der Waals surface area contributed by atoms with Crippen LogP contribution in [-0.4, -0.2) is 63.1 Å². The number of aliphatic hydroxyl groups excluding tert-OH is 3. The summed E-state index contributed by atoms with van der Waals surface area (Å²) in [7, 11) is -7.23. The molecule has 0 atom stereocenters. The van der Waals surface area contributed by atoms with Gasteiger partial charge in [0.15, 0.2) is 0 Å². The number of rotatable bonds is 10. The zero-order chi connectivity index (χ0) is 25.6. The molecule has 1 fully saturated rings. The summed E-state index contributed by atoms with van der Waals surface area (Å²) >= 11 is 8.67. The maximum absolute atomic E-state index is 12.1. The van der Waals surface area contributed by atoms with Crippen LogP contribution < -0.4 is 9.44 Å². The Kier molecular flexibility index (Phi) is 11.2. The third-order valence-electron chi connectivity index (χ3n) is 5.47. The van der Waals surface area contributed by atoms with Gasteiger partial charge in [-0.2, -0.15) is 4.72 Å². The predicted octanol–water partition coefficient (Wildman–Crippen LogP) is 3.02. The van der Waals surface area contributed by atoms with Crippen molar-refractivity contribution in [3.05, 3.63) is 31.8 Å². The molecule has 1 aliphatic carbocycles. The van der Waals surface area contributed by atoms with Gasteiger partial charge >= 0.3 is 0 Å². The topological polar surface area (TPSA) is 153 Å². The second-order valence-corrected chi connectivity index (χ2v) is 16.7. The van der Waals surface area contributed by atoms with Gasteiger partial charge in [-0.3, -0.25) is 0 Å². The Hall–Kier alpha value is 0.0600. The maximum Gasteiger partial charge on any atom is 0.250 e. The van der Waals surface area contributed by atoms with Crippen LogP contribution in [0.5, 0.6) is 0 Å². The normalized spacial score (nSPS) is 16.3. The molecular formula is C19H28Br2N2O7S4. The van der Waals surface area contributed by atoms with Gasteiger partial charge in [-0.05, 0) is 75.4 Å². The smallest absolute Gasteiger partial charge is 0.250 e. The van der Waals surface area contributed by atoms with Crippen LogP contribution in [0, 0.1) is 0 Å². The Morgan fingerprint density at radius 2 is 1.38 bits per heavy atom. The fourth-order valence-corrected chi connectivity index (χ4v) is 10.2. The summed E-state index contributed by atoms with van der Waals surface area (Å²) in [5, 5.41) is 27.8. The Bertz CT molecular complexity index is 1050. The summed E-state index contributed by atoms with van der Waals surface area (Å²) in [6.45, 7) is 0.648. The first-order valence-corrected chi connectivity index (χ1v) is 16.5. The molecule has 0 radical (unpaired) electrons. The van der Waals surface area contributed by atoms with Crippen molar-refractivity contribution in [2.45, 2.75) is 58.5 Å². The molecule has 0 spiro atoms. The highest BCUT2D eigenvalue weighted by molar-refractivity contribution is 9.11. The van der Waals surface area contributed by atoms with E-state index in [1.807, 2.05) is 0 Å². The van der Waals surface area contributed by atoms with Gasteiger partial charge in [0, 0.05) is 0 Å². The van der Waals surface area contributed by atoms with Gasteiger partial charge in [-0.15, -0.1) is 22.7 Å². The lowest BCUT2D eigenvalue weighted by molar-refractivity contribution is 0.105. The fourth-order valence-electron chi connectivity index (χ4n) is 3.31. The van der Waals surface area contributed by atoms with Crippen LogP contribution >= 0.6 is 54.5 Å². The van der Waals surface area contributed by atoms with Gasteiger partial charge in [0.25, 0.3) is 20.0 Å². The minimum absolute atomic E-state index is 0.140. The van der Waals surface area contributed by atoms with Gasteiger partial charge in [-0.1, -0.05) is 19.8 Å². The highest BCUT2D eigenvalue weighted by Gasteiger charge is 2.38. The van der Waals surface area contributed by atoms with Gasteiger partial charge in [-0.25, -0.2) is 21.6 Å². The number of hydrogen-bond acceptors (Lipinski definition) is 9. The first-order valence-electron chi connectivity index (χ1n) is 10.3. The van der Waals surface area contributed by atoms with E-state index in [9.17, 15) is 32.2 Å². The maximum atomic E-state index is 12.1. The van der Waals surface area contributed by atoms with Crippen LogP contribution in [0.15, 0.2) is 40.3 Å². The molecule has 0 saturated heterocycles. The lowest BCUT2D eigenvalue weighted by Gasteiger charge is -2.28. The summed E-state index contributed by atoms with van der Waals surface area (Å²) < 4.78 is 55.2. The van der Waals surface area contributed by atoms with Crippen LogP contribution in [0.2, 0.25) is 0 Å². The van der Waals surface area contributed by atoms with E-state index >= 15 is 0 Å². The van der Waals surface area contributed by atoms with Crippen molar-refractivity contribution in [3.63, 3.8) is 0 Å². The molecule has 2 aromatic heterocycles. The van der Waals surface area contributed by atoms with E-state index in [4.69, 9.17) is 0 Å². The third kappa shape index (κ3) is 7.78. The third-order valence-corrected chi connectivity index (χ3v) is 12.9. The summed E-state index contributed by atoms with van der Waals surface area (Å²) in [6.07, 6.45) is 3.62. The second-order valence-electron chi connectivity index (χ2n) is 7.92. The Labute approximate surface area is 225 Å². The average molecular weight is 685 g/mol. The zero-order valence-electron chi connectivity index (χ0n) is 18.3. The van der Waals surface area contributed by atoms with Gasteiger partial charge in [0.05, 0.1) is 38.5 Å². The second kappa shape index (κ2) is 12.5. The quantitative estimate of drug-likeness (QED) is 0.258. The highest BCUT2D eigenvalue weighted by Crippen LogP contribution is 2.33. The molecule has 0 unspecified atom stereocenters. The zero-order valence-corrected chi connectivity index (χ0v) is 24.8. The van der Waals surface area contributed by atoms with E-state index in [-0.39, 0.29) is 15.0 Å². The molecule has 0 amide bonds. The number of thiophene rings is 2. The van der Waals surface area contributed by atoms with Crippen molar-refractivity contribution in [2.75, 3.05) is 19.8 Å². The molecule has 194 valence electrons. The minimum Gasteiger partial charge on any atom is -0.394 e. The summed E-state index contributed by atoms with van der Waals surface area (Å²) in [4.78, 5) is 0. The summed E-state index contributed by atoms with van der Waals surface area (Å²) in [6, 6.07) is 6.37. The molecule has 2 aromatic rings. The van der Waals surface area contributed by atoms with Gasteiger partial charge in [0.2, 0.25) is 0 Å². The van der Waals surface area contributed by atoms with E-state index in [0.717, 1.165) is 28.0 Å². The highest BCUT2D eigenvalue weighted by atomic mass is 79.9. The Balaban J connectivity index is 0.000000240. The molecule has 1 saturated carbocycles. The molecule has 34 heavy (non-hydrogen) atoms. The van der Waals surface area contributed by atoms with E-state index < -0.39 is 44.3 Å². The molecule has 0 aromatic carbocycles. The molecular weight excluding hydrogens is 656 g/mol. The van der Waals surface area contributed by atoms with Crippen molar-refractivity contribution in [3.8, 4) is 0 Å². The lowest BCUT2D eigenvalue weighted by Crippen LogP contribution is -2.53. The van der Waals surface area contributed by atoms with Crippen molar-refractivity contribution >= 4 is 74.6 Å². The van der Waals surface area contributed by atoms with Crippen LogP contribution in [0.1, 0.15) is 39.0 Å². The van der Waals surface area contributed by atoms with E-state index in [0.29, 0.717) is 23.0 Å². The van der Waals surface area contributed by atoms with Gasteiger partial charge < -0.3 is 15.3 Å². The predicted molar refractivity (Wildman–Crippen MR) is 140 cm³/mol. The van der Waals surface area contributed by atoms with Crippen LogP contribution in [0.25, 0.3) is 0 Å². The number of hydrogen-bond donors (Lipinski definition) is 5. The van der Waals surface area contributed by atoms with Crippen molar-refractivity contribution in [2.24, 2.45) is 0 Å². The van der Waals surface area contributed by atoms with E-state index in [1.165, 1.54) is 17.4 Å². The van der Waals surface area contributed by atoms with Gasteiger partial charge in [0.1, 0.15) is 8.42 Å². The average Bonchev–Trinajstić information content (AvgIpc) is 3.54. The van der Waals surface area contributed by atoms with Crippen LogP contribution in [0.3, 0.4) is 0 Å².